The van der Waals surface area contributed by atoms with Gasteiger partial charge in [0.2, 0.25) is 0 Å². The molecule has 0 fully saturated rings. The average molecular weight is 767 g/mol. The molecule has 11 aromatic rings. The van der Waals surface area contributed by atoms with Crippen molar-refractivity contribution in [3.8, 4) is 44.8 Å². The van der Waals surface area contributed by atoms with E-state index in [0.717, 1.165) is 24.9 Å². The number of benzene rings is 9. The van der Waals surface area contributed by atoms with Crippen LogP contribution >= 0.6 is 0 Å². The highest BCUT2D eigenvalue weighted by atomic mass is 15.0. The van der Waals surface area contributed by atoms with Crippen molar-refractivity contribution in [1.82, 2.24) is 9.13 Å². The molecule has 0 amide bonds. The van der Waals surface area contributed by atoms with E-state index in [0.29, 0.717) is 5.92 Å². The lowest BCUT2D eigenvalue weighted by Crippen LogP contribution is -2.13. The molecule has 12 rings (SSSR count). The lowest BCUT2D eigenvalue weighted by Gasteiger charge is -2.29. The molecule has 1 unspecified atom stereocenters. The second-order valence-corrected chi connectivity index (χ2v) is 16.4. The fourth-order valence-corrected chi connectivity index (χ4v) is 10.3. The summed E-state index contributed by atoms with van der Waals surface area (Å²) in [5.41, 5.74) is 19.3. The SMILES string of the molecule is c1ccc(-c2ccc(CCC3Cc4ccccc4-c4ccc5c(c43)c3ccccc3n5-c3cccc(-c4cccc(-n5c6ccccc6c6ccccc65)c4)c3)cc2)cc1. The van der Waals surface area contributed by atoms with Gasteiger partial charge in [-0.1, -0.05) is 164 Å². The first-order valence-corrected chi connectivity index (χ1v) is 21.2. The highest BCUT2D eigenvalue weighted by molar-refractivity contribution is 6.13. The van der Waals surface area contributed by atoms with Crippen LogP contribution in [-0.2, 0) is 12.8 Å². The minimum atomic E-state index is 0.390. The minimum Gasteiger partial charge on any atom is -0.309 e. The molecule has 0 N–H and O–H groups in total. The molecule has 0 bridgehead atoms. The summed E-state index contributed by atoms with van der Waals surface area (Å²) in [5, 5.41) is 5.26. The van der Waals surface area contributed by atoms with E-state index >= 15 is 0 Å². The van der Waals surface area contributed by atoms with E-state index < -0.39 is 0 Å². The lowest BCUT2D eigenvalue weighted by molar-refractivity contribution is 0.620. The summed E-state index contributed by atoms with van der Waals surface area (Å²) in [6.45, 7) is 0. The van der Waals surface area contributed by atoms with Gasteiger partial charge < -0.3 is 9.13 Å². The van der Waals surface area contributed by atoms with E-state index in [1.807, 2.05) is 0 Å². The third-order valence-electron chi connectivity index (χ3n) is 13.0. The van der Waals surface area contributed by atoms with Gasteiger partial charge in [-0.05, 0) is 124 Å². The minimum absolute atomic E-state index is 0.390. The van der Waals surface area contributed by atoms with E-state index in [1.165, 1.54) is 99.4 Å². The number of aromatic nitrogens is 2. The molecule has 1 aliphatic carbocycles. The standard InChI is InChI=1S/C58H42N2/c1-2-14-40(15-3-1)41-31-28-39(29-32-41)30-33-45-36-44-16-4-5-21-48(44)51-34-35-56-58(57(45)51)52-24-8-11-27-55(52)60(56)47-20-13-18-43(38-47)42-17-12-19-46(37-42)59-53-25-9-6-22-49(53)50-23-7-10-26-54(50)59/h1-29,31-32,34-35,37-38,45H,30,33,36H2. The molecule has 9 aromatic carbocycles. The smallest absolute Gasteiger partial charge is 0.0544 e. The molecule has 0 aliphatic heterocycles. The van der Waals surface area contributed by atoms with Crippen LogP contribution in [0.5, 0.6) is 0 Å². The predicted octanol–water partition coefficient (Wildman–Crippen LogP) is 15.2. The van der Waals surface area contributed by atoms with Crippen LogP contribution in [0.4, 0.5) is 0 Å². The van der Waals surface area contributed by atoms with Crippen molar-refractivity contribution >= 4 is 43.6 Å². The maximum atomic E-state index is 2.51. The summed E-state index contributed by atoms with van der Waals surface area (Å²) < 4.78 is 4.91. The molecule has 60 heavy (non-hydrogen) atoms. The normalized spacial score (nSPS) is 13.6. The van der Waals surface area contributed by atoms with E-state index in [2.05, 4.69) is 221 Å². The largest absolute Gasteiger partial charge is 0.309 e. The van der Waals surface area contributed by atoms with Crippen LogP contribution in [0.3, 0.4) is 0 Å². The number of hydrogen-bond donors (Lipinski definition) is 0. The summed E-state index contributed by atoms with van der Waals surface area (Å²) in [5.74, 6) is 0.390. The number of nitrogens with zero attached hydrogens (tertiary/aromatic N) is 2. The third kappa shape index (κ3) is 5.63. The topological polar surface area (TPSA) is 9.86 Å². The second-order valence-electron chi connectivity index (χ2n) is 16.4. The van der Waals surface area contributed by atoms with E-state index in [4.69, 9.17) is 0 Å². The second kappa shape index (κ2) is 14.1. The molecule has 0 saturated carbocycles. The van der Waals surface area contributed by atoms with Crippen molar-refractivity contribution < 1.29 is 0 Å². The van der Waals surface area contributed by atoms with Crippen molar-refractivity contribution in [2.24, 2.45) is 0 Å². The van der Waals surface area contributed by atoms with Crippen LogP contribution in [0.25, 0.3) is 88.4 Å². The van der Waals surface area contributed by atoms with Gasteiger partial charge in [-0.25, -0.2) is 0 Å². The molecular weight excluding hydrogens is 725 g/mol. The Hall–Kier alpha value is -7.42. The molecule has 1 atom stereocenters. The van der Waals surface area contributed by atoms with Gasteiger partial charge in [0.05, 0.1) is 22.1 Å². The van der Waals surface area contributed by atoms with Crippen molar-refractivity contribution in [1.29, 1.82) is 0 Å². The Kier molecular flexibility index (Phi) is 8.16. The Labute approximate surface area is 350 Å². The molecule has 1 aliphatic rings. The zero-order valence-electron chi connectivity index (χ0n) is 33.3. The number of para-hydroxylation sites is 3. The van der Waals surface area contributed by atoms with Crippen LogP contribution in [0, 0.1) is 0 Å². The average Bonchev–Trinajstić information content (AvgIpc) is 3.84. The van der Waals surface area contributed by atoms with Crippen molar-refractivity contribution in [2.75, 3.05) is 0 Å². The number of hydrogen-bond acceptors (Lipinski definition) is 0. The summed E-state index contributed by atoms with van der Waals surface area (Å²) in [6.07, 6.45) is 3.16. The molecule has 2 aromatic heterocycles. The fraction of sp³-hybridized carbons (Fsp3) is 0.0690. The maximum Gasteiger partial charge on any atom is 0.0544 e. The van der Waals surface area contributed by atoms with E-state index in [1.54, 1.807) is 0 Å². The third-order valence-corrected chi connectivity index (χ3v) is 13.0. The first-order chi connectivity index (χ1) is 29.8. The highest BCUT2D eigenvalue weighted by Gasteiger charge is 2.29. The fourth-order valence-electron chi connectivity index (χ4n) is 10.3. The van der Waals surface area contributed by atoms with Crippen molar-refractivity contribution in [3.63, 3.8) is 0 Å². The van der Waals surface area contributed by atoms with Crippen LogP contribution < -0.4 is 0 Å². The highest BCUT2D eigenvalue weighted by Crippen LogP contribution is 2.48. The van der Waals surface area contributed by atoms with Gasteiger partial charge in [-0.15, -0.1) is 0 Å². The van der Waals surface area contributed by atoms with Crippen molar-refractivity contribution in [2.45, 2.75) is 25.2 Å². The molecule has 0 saturated heterocycles. The molecule has 284 valence electrons. The zero-order chi connectivity index (χ0) is 39.6. The summed E-state index contributed by atoms with van der Waals surface area (Å²) in [7, 11) is 0. The number of fused-ring (bicyclic) bond motifs is 10. The van der Waals surface area contributed by atoms with Gasteiger partial charge in [0.25, 0.3) is 0 Å². The van der Waals surface area contributed by atoms with Gasteiger partial charge >= 0.3 is 0 Å². The Morgan fingerprint density at radius 3 is 1.60 bits per heavy atom. The van der Waals surface area contributed by atoms with Gasteiger partial charge in [-0.3, -0.25) is 0 Å². The molecular formula is C58H42N2. The van der Waals surface area contributed by atoms with Crippen LogP contribution in [0.2, 0.25) is 0 Å². The van der Waals surface area contributed by atoms with Crippen LogP contribution in [0.15, 0.2) is 212 Å². The first-order valence-electron chi connectivity index (χ1n) is 21.2. The van der Waals surface area contributed by atoms with Gasteiger partial charge in [-0.2, -0.15) is 0 Å². The summed E-state index contributed by atoms with van der Waals surface area (Å²) in [6, 6.07) is 78.5. The quantitative estimate of drug-likeness (QED) is 0.153. The predicted molar refractivity (Wildman–Crippen MR) is 253 cm³/mol. The van der Waals surface area contributed by atoms with Gasteiger partial charge in [0, 0.05) is 32.9 Å². The van der Waals surface area contributed by atoms with E-state index in [9.17, 15) is 0 Å². The summed E-state index contributed by atoms with van der Waals surface area (Å²) >= 11 is 0. The van der Waals surface area contributed by atoms with E-state index in [-0.39, 0.29) is 0 Å². The van der Waals surface area contributed by atoms with Gasteiger partial charge in [0.1, 0.15) is 0 Å². The molecule has 2 heteroatoms. The van der Waals surface area contributed by atoms with Crippen LogP contribution in [-0.4, -0.2) is 9.13 Å². The van der Waals surface area contributed by atoms with Crippen LogP contribution in [0.1, 0.15) is 29.0 Å². The zero-order valence-corrected chi connectivity index (χ0v) is 33.3. The molecule has 0 radical (unpaired) electrons. The molecule has 2 nitrogen and oxygen atoms in total. The Balaban J connectivity index is 0.966. The Morgan fingerprint density at radius 2 is 0.917 bits per heavy atom. The monoisotopic (exact) mass is 766 g/mol. The van der Waals surface area contributed by atoms with Crippen molar-refractivity contribution in [3.05, 3.63) is 229 Å². The Bertz CT molecular complexity index is 3350. The molecule has 0 spiro atoms. The summed E-state index contributed by atoms with van der Waals surface area (Å²) in [4.78, 5) is 0. The van der Waals surface area contributed by atoms with Gasteiger partial charge in [0.15, 0.2) is 0 Å². The lowest BCUT2D eigenvalue weighted by atomic mass is 9.75. The maximum absolute atomic E-state index is 2.51. The number of rotatable bonds is 7. The molecule has 2 heterocycles. The number of aryl methyl sites for hydroxylation is 1. The Morgan fingerprint density at radius 1 is 0.383 bits per heavy atom. The first kappa shape index (κ1) is 34.6.